The fourth-order valence-corrected chi connectivity index (χ4v) is 3.50. The van der Waals surface area contributed by atoms with Crippen LogP contribution in [0.4, 0.5) is 4.79 Å². The van der Waals surface area contributed by atoms with E-state index in [2.05, 4.69) is 61.0 Å². The molecule has 0 aliphatic heterocycles. The van der Waals surface area contributed by atoms with Gasteiger partial charge in [0.05, 0.1) is 12.6 Å². The van der Waals surface area contributed by atoms with E-state index in [0.29, 0.717) is 12.5 Å². The number of carbonyl (C=O) groups excluding carboxylic acids is 2. The van der Waals surface area contributed by atoms with Crippen molar-refractivity contribution in [3.63, 3.8) is 0 Å². The Labute approximate surface area is 165 Å². The van der Waals surface area contributed by atoms with Crippen molar-refractivity contribution in [1.82, 2.24) is 16.0 Å². The lowest BCUT2D eigenvalue weighted by Crippen LogP contribution is -2.44. The molecule has 0 saturated heterocycles. The molecular formula is C21H29N3O2S. The van der Waals surface area contributed by atoms with Gasteiger partial charge in [-0.2, -0.15) is 0 Å². The van der Waals surface area contributed by atoms with Gasteiger partial charge in [0.2, 0.25) is 5.91 Å². The molecule has 2 rings (SSSR count). The fraction of sp³-hybridized carbons (Fsp3) is 0.429. The second kappa shape index (κ2) is 10.8. The number of aryl methyl sites for hydroxylation is 1. The minimum atomic E-state index is -0.442. The summed E-state index contributed by atoms with van der Waals surface area (Å²) in [4.78, 5) is 25.0. The van der Waals surface area contributed by atoms with Crippen LogP contribution in [-0.2, 0) is 11.2 Å². The molecule has 0 aliphatic carbocycles. The normalized spacial score (nSPS) is 12.0. The van der Waals surface area contributed by atoms with E-state index in [-0.39, 0.29) is 18.5 Å². The molecular weight excluding hydrogens is 358 g/mol. The fourth-order valence-electron chi connectivity index (χ4n) is 2.67. The number of carbonyl (C=O) groups is 2. The quantitative estimate of drug-likeness (QED) is 0.612. The van der Waals surface area contributed by atoms with Crippen LogP contribution >= 0.6 is 11.3 Å². The number of benzene rings is 1. The Kier molecular flexibility index (Phi) is 8.48. The largest absolute Gasteiger partial charge is 0.338 e. The molecule has 0 spiro atoms. The third-order valence-corrected chi connectivity index (χ3v) is 5.21. The van der Waals surface area contributed by atoms with Crippen molar-refractivity contribution in [2.75, 3.05) is 13.1 Å². The summed E-state index contributed by atoms with van der Waals surface area (Å²) in [5.41, 5.74) is 2.38. The molecule has 1 heterocycles. The molecule has 3 amide bonds. The average Bonchev–Trinajstić information content (AvgIpc) is 3.16. The summed E-state index contributed by atoms with van der Waals surface area (Å²) in [6.07, 6.45) is 1.87. The van der Waals surface area contributed by atoms with Crippen molar-refractivity contribution in [2.45, 2.75) is 39.7 Å². The highest BCUT2D eigenvalue weighted by Crippen LogP contribution is 2.26. The van der Waals surface area contributed by atoms with E-state index < -0.39 is 6.03 Å². The van der Waals surface area contributed by atoms with Crippen LogP contribution in [0, 0.1) is 5.92 Å². The Balaban J connectivity index is 1.92. The van der Waals surface area contributed by atoms with Gasteiger partial charge < -0.3 is 5.32 Å². The summed E-state index contributed by atoms with van der Waals surface area (Å²) in [6.45, 7) is 6.93. The lowest BCUT2D eigenvalue weighted by Gasteiger charge is -2.18. The highest BCUT2D eigenvalue weighted by Gasteiger charge is 2.17. The summed E-state index contributed by atoms with van der Waals surface area (Å²) in [5, 5.41) is 10.4. The number of imide groups is 1. The van der Waals surface area contributed by atoms with E-state index in [1.807, 2.05) is 17.5 Å². The first-order valence-corrected chi connectivity index (χ1v) is 10.3. The second-order valence-corrected chi connectivity index (χ2v) is 7.89. The highest BCUT2D eigenvalue weighted by atomic mass is 32.1. The first-order chi connectivity index (χ1) is 13.0. The van der Waals surface area contributed by atoms with Gasteiger partial charge in [-0.1, -0.05) is 51.1 Å². The molecule has 1 aromatic carbocycles. The standard InChI is InChI=1S/C21H29N3O2S/c1-4-16-7-9-17(10-8-16)20(18-6-5-13-27-18)23-14-19(25)24-21(26)22-12-11-15(2)3/h5-10,13,15,20,23H,4,11-12,14H2,1-3H3,(H2,22,24,25,26)/t20-/m0/s1. The van der Waals surface area contributed by atoms with E-state index in [0.717, 1.165) is 23.3 Å². The van der Waals surface area contributed by atoms with Crippen molar-refractivity contribution < 1.29 is 9.59 Å². The first kappa shape index (κ1) is 21.1. The minimum absolute atomic E-state index is 0.0652. The van der Waals surface area contributed by atoms with Gasteiger partial charge in [-0.05, 0) is 41.3 Å². The van der Waals surface area contributed by atoms with Crippen molar-refractivity contribution >= 4 is 23.3 Å². The Hall–Kier alpha value is -2.18. The summed E-state index contributed by atoms with van der Waals surface area (Å²) >= 11 is 1.64. The number of amides is 3. The molecule has 3 N–H and O–H groups in total. The molecule has 0 bridgehead atoms. The van der Waals surface area contributed by atoms with Gasteiger partial charge >= 0.3 is 6.03 Å². The van der Waals surface area contributed by atoms with Gasteiger partial charge in [-0.15, -0.1) is 11.3 Å². The van der Waals surface area contributed by atoms with Crippen LogP contribution in [-0.4, -0.2) is 25.0 Å². The SMILES string of the molecule is CCc1ccc([C@H](NCC(=O)NC(=O)NCCC(C)C)c2cccs2)cc1. The van der Waals surface area contributed by atoms with Gasteiger partial charge in [0.15, 0.2) is 0 Å². The lowest BCUT2D eigenvalue weighted by molar-refractivity contribution is -0.119. The lowest BCUT2D eigenvalue weighted by atomic mass is 10.0. The number of urea groups is 1. The smallest absolute Gasteiger partial charge is 0.321 e. The van der Waals surface area contributed by atoms with Crippen molar-refractivity contribution in [3.8, 4) is 0 Å². The molecule has 1 aromatic heterocycles. The Bertz CT molecular complexity index is 712. The van der Waals surface area contributed by atoms with Gasteiger partial charge in [0.25, 0.3) is 0 Å². The predicted octanol–water partition coefficient (Wildman–Crippen LogP) is 3.86. The van der Waals surface area contributed by atoms with E-state index in [4.69, 9.17) is 0 Å². The van der Waals surface area contributed by atoms with Gasteiger partial charge in [0.1, 0.15) is 0 Å². The van der Waals surface area contributed by atoms with Gasteiger partial charge in [0, 0.05) is 11.4 Å². The van der Waals surface area contributed by atoms with Crippen molar-refractivity contribution in [3.05, 3.63) is 57.8 Å². The van der Waals surface area contributed by atoms with Gasteiger partial charge in [-0.25, -0.2) is 4.79 Å². The van der Waals surface area contributed by atoms with Crippen molar-refractivity contribution in [1.29, 1.82) is 0 Å². The molecule has 0 fully saturated rings. The number of nitrogens with one attached hydrogen (secondary N) is 3. The Morgan fingerprint density at radius 2 is 1.85 bits per heavy atom. The maximum atomic E-state index is 12.1. The zero-order valence-corrected chi connectivity index (χ0v) is 17.1. The number of hydrogen-bond donors (Lipinski definition) is 3. The van der Waals surface area contributed by atoms with Crippen molar-refractivity contribution in [2.24, 2.45) is 5.92 Å². The van der Waals surface area contributed by atoms with Crippen LogP contribution in [0.5, 0.6) is 0 Å². The van der Waals surface area contributed by atoms with Crippen LogP contribution < -0.4 is 16.0 Å². The first-order valence-electron chi connectivity index (χ1n) is 9.43. The summed E-state index contributed by atoms with van der Waals surface area (Å²) in [7, 11) is 0. The molecule has 1 atom stereocenters. The number of rotatable bonds is 9. The minimum Gasteiger partial charge on any atom is -0.338 e. The Morgan fingerprint density at radius 1 is 1.11 bits per heavy atom. The van der Waals surface area contributed by atoms with E-state index in [1.54, 1.807) is 11.3 Å². The molecule has 0 unspecified atom stereocenters. The van der Waals surface area contributed by atoms with Crippen LogP contribution in [0.2, 0.25) is 0 Å². The summed E-state index contributed by atoms with van der Waals surface area (Å²) in [6, 6.07) is 11.9. The second-order valence-electron chi connectivity index (χ2n) is 6.91. The van der Waals surface area contributed by atoms with E-state index in [9.17, 15) is 9.59 Å². The third-order valence-electron chi connectivity index (χ3n) is 4.28. The number of hydrogen-bond acceptors (Lipinski definition) is 4. The molecule has 0 aliphatic rings. The molecule has 2 aromatic rings. The average molecular weight is 388 g/mol. The van der Waals surface area contributed by atoms with Crippen LogP contribution in [0.1, 0.15) is 49.2 Å². The number of thiophene rings is 1. The molecule has 5 nitrogen and oxygen atoms in total. The maximum Gasteiger partial charge on any atom is 0.321 e. The van der Waals surface area contributed by atoms with Gasteiger partial charge in [-0.3, -0.25) is 15.4 Å². The maximum absolute atomic E-state index is 12.1. The molecule has 0 saturated carbocycles. The predicted molar refractivity (Wildman–Crippen MR) is 111 cm³/mol. The zero-order chi connectivity index (χ0) is 19.6. The monoisotopic (exact) mass is 387 g/mol. The van der Waals surface area contributed by atoms with Crippen LogP contribution in [0.25, 0.3) is 0 Å². The molecule has 27 heavy (non-hydrogen) atoms. The molecule has 146 valence electrons. The van der Waals surface area contributed by atoms with Crippen LogP contribution in [0.3, 0.4) is 0 Å². The summed E-state index contributed by atoms with van der Waals surface area (Å²) in [5.74, 6) is 0.164. The van der Waals surface area contributed by atoms with Crippen LogP contribution in [0.15, 0.2) is 41.8 Å². The molecule has 6 heteroatoms. The third kappa shape index (κ3) is 7.15. The zero-order valence-electron chi connectivity index (χ0n) is 16.2. The highest BCUT2D eigenvalue weighted by molar-refractivity contribution is 7.10. The summed E-state index contributed by atoms with van der Waals surface area (Å²) < 4.78 is 0. The Morgan fingerprint density at radius 3 is 2.44 bits per heavy atom. The topological polar surface area (TPSA) is 70.2 Å². The van der Waals surface area contributed by atoms with E-state index in [1.165, 1.54) is 5.56 Å². The van der Waals surface area contributed by atoms with E-state index >= 15 is 0 Å². The molecule has 0 radical (unpaired) electrons.